The van der Waals surface area contributed by atoms with Gasteiger partial charge in [-0.05, 0) is 11.6 Å². The van der Waals surface area contributed by atoms with E-state index in [2.05, 4.69) is 10.3 Å². The Morgan fingerprint density at radius 1 is 1.28 bits per heavy atom. The molecular formula is C12H12F3N3. The maximum Gasteiger partial charge on any atom is 0.416 e. The fourth-order valence-electron chi connectivity index (χ4n) is 1.78. The van der Waals surface area contributed by atoms with Crippen molar-refractivity contribution < 1.29 is 13.2 Å². The van der Waals surface area contributed by atoms with Gasteiger partial charge in [0.1, 0.15) is 0 Å². The first-order valence-electron chi connectivity index (χ1n) is 5.36. The van der Waals surface area contributed by atoms with Crippen LogP contribution < -0.4 is 5.32 Å². The van der Waals surface area contributed by atoms with Crippen LogP contribution in [0.5, 0.6) is 0 Å². The third-order valence-electron chi connectivity index (χ3n) is 2.60. The molecule has 1 heterocycles. The van der Waals surface area contributed by atoms with Gasteiger partial charge in [0, 0.05) is 19.4 Å². The Bertz CT molecular complexity index is 531. The predicted octanol–water partition coefficient (Wildman–Crippen LogP) is 2.99. The van der Waals surface area contributed by atoms with Crippen LogP contribution in [-0.2, 0) is 12.7 Å². The maximum absolute atomic E-state index is 12.8. The van der Waals surface area contributed by atoms with Crippen molar-refractivity contribution in [1.82, 2.24) is 9.55 Å². The minimum atomic E-state index is -4.34. The summed E-state index contributed by atoms with van der Waals surface area (Å²) in [5.74, 6) is 0.534. The summed E-state index contributed by atoms with van der Waals surface area (Å²) in [4.78, 5) is 3.99. The highest BCUT2D eigenvalue weighted by Gasteiger charge is 2.32. The number of anilines is 1. The van der Waals surface area contributed by atoms with Crippen LogP contribution in [0.1, 0.15) is 11.1 Å². The molecule has 2 aromatic rings. The van der Waals surface area contributed by atoms with Gasteiger partial charge in [0.15, 0.2) is 0 Å². The van der Waals surface area contributed by atoms with Crippen molar-refractivity contribution in [3.63, 3.8) is 0 Å². The Labute approximate surface area is 102 Å². The number of nitrogens with one attached hydrogen (secondary N) is 1. The highest BCUT2D eigenvalue weighted by molar-refractivity contribution is 5.32. The van der Waals surface area contributed by atoms with Gasteiger partial charge in [0.05, 0.1) is 12.1 Å². The minimum absolute atomic E-state index is 0.131. The SMILES string of the molecule is CNc1nccn1Cc1ccccc1C(F)(F)F. The molecule has 0 unspecified atom stereocenters. The van der Waals surface area contributed by atoms with Crippen LogP contribution in [0.2, 0.25) is 0 Å². The molecule has 0 aliphatic heterocycles. The molecule has 1 N–H and O–H groups in total. The van der Waals surface area contributed by atoms with Crippen LogP contribution in [0, 0.1) is 0 Å². The van der Waals surface area contributed by atoms with Gasteiger partial charge in [-0.3, -0.25) is 0 Å². The molecule has 0 saturated carbocycles. The second-order valence-electron chi connectivity index (χ2n) is 3.78. The van der Waals surface area contributed by atoms with Gasteiger partial charge in [-0.1, -0.05) is 18.2 Å². The zero-order chi connectivity index (χ0) is 13.2. The van der Waals surface area contributed by atoms with Crippen molar-refractivity contribution in [3.05, 3.63) is 47.8 Å². The Balaban J connectivity index is 2.35. The monoisotopic (exact) mass is 255 g/mol. The van der Waals surface area contributed by atoms with E-state index in [9.17, 15) is 13.2 Å². The lowest BCUT2D eigenvalue weighted by Crippen LogP contribution is -2.12. The number of aromatic nitrogens is 2. The topological polar surface area (TPSA) is 29.9 Å². The molecule has 1 aromatic heterocycles. The first-order chi connectivity index (χ1) is 8.52. The highest BCUT2D eigenvalue weighted by Crippen LogP contribution is 2.32. The molecule has 18 heavy (non-hydrogen) atoms. The molecule has 0 amide bonds. The molecule has 0 fully saturated rings. The average molecular weight is 255 g/mol. The molecule has 0 spiro atoms. The summed E-state index contributed by atoms with van der Waals surface area (Å²) in [6, 6.07) is 5.55. The lowest BCUT2D eigenvalue weighted by Gasteiger charge is -2.14. The van der Waals surface area contributed by atoms with Gasteiger partial charge < -0.3 is 9.88 Å². The van der Waals surface area contributed by atoms with Gasteiger partial charge >= 0.3 is 6.18 Å². The molecule has 6 heteroatoms. The molecule has 1 aromatic carbocycles. The number of hydrogen-bond donors (Lipinski definition) is 1. The number of hydrogen-bond acceptors (Lipinski definition) is 2. The van der Waals surface area contributed by atoms with Crippen LogP contribution in [0.4, 0.5) is 19.1 Å². The van der Waals surface area contributed by atoms with E-state index >= 15 is 0 Å². The van der Waals surface area contributed by atoms with E-state index in [1.54, 1.807) is 30.1 Å². The number of benzene rings is 1. The summed E-state index contributed by atoms with van der Waals surface area (Å²) in [7, 11) is 1.68. The average Bonchev–Trinajstić information content (AvgIpc) is 2.75. The second-order valence-corrected chi connectivity index (χ2v) is 3.78. The summed E-state index contributed by atoms with van der Waals surface area (Å²) in [5, 5.41) is 2.82. The zero-order valence-electron chi connectivity index (χ0n) is 9.70. The zero-order valence-corrected chi connectivity index (χ0v) is 9.70. The summed E-state index contributed by atoms with van der Waals surface area (Å²) in [6.45, 7) is 0.131. The molecular weight excluding hydrogens is 243 g/mol. The summed E-state index contributed by atoms with van der Waals surface area (Å²) < 4.78 is 40.1. The Hall–Kier alpha value is -1.98. The van der Waals surface area contributed by atoms with E-state index in [-0.39, 0.29) is 12.1 Å². The third kappa shape index (κ3) is 2.47. The van der Waals surface area contributed by atoms with Crippen LogP contribution in [-0.4, -0.2) is 16.6 Å². The van der Waals surface area contributed by atoms with Gasteiger partial charge in [-0.25, -0.2) is 4.98 Å². The fourth-order valence-corrected chi connectivity index (χ4v) is 1.78. The van der Waals surface area contributed by atoms with E-state index in [1.807, 2.05) is 0 Å². The van der Waals surface area contributed by atoms with E-state index in [0.29, 0.717) is 5.95 Å². The molecule has 0 radical (unpaired) electrons. The van der Waals surface area contributed by atoms with Crippen LogP contribution in [0.15, 0.2) is 36.7 Å². The Morgan fingerprint density at radius 3 is 2.67 bits per heavy atom. The first-order valence-corrected chi connectivity index (χ1v) is 5.36. The minimum Gasteiger partial charge on any atom is -0.359 e. The molecule has 0 saturated heterocycles. The number of alkyl halides is 3. The third-order valence-corrected chi connectivity index (χ3v) is 2.60. The van der Waals surface area contributed by atoms with Gasteiger partial charge in [-0.2, -0.15) is 13.2 Å². The molecule has 0 aliphatic rings. The van der Waals surface area contributed by atoms with E-state index < -0.39 is 11.7 Å². The normalized spacial score (nSPS) is 11.6. The number of rotatable bonds is 3. The fraction of sp³-hybridized carbons (Fsp3) is 0.250. The standard InChI is InChI=1S/C12H12F3N3/c1-16-11-17-6-7-18(11)8-9-4-2-3-5-10(9)12(13,14)15/h2-7H,8H2,1H3,(H,16,17). The maximum atomic E-state index is 12.8. The van der Waals surface area contributed by atoms with Crippen molar-refractivity contribution in [2.45, 2.75) is 12.7 Å². The van der Waals surface area contributed by atoms with Gasteiger partial charge in [-0.15, -0.1) is 0 Å². The van der Waals surface area contributed by atoms with E-state index in [0.717, 1.165) is 6.07 Å². The van der Waals surface area contributed by atoms with Crippen molar-refractivity contribution in [2.24, 2.45) is 0 Å². The number of nitrogens with zero attached hydrogens (tertiary/aromatic N) is 2. The smallest absolute Gasteiger partial charge is 0.359 e. The first kappa shape index (κ1) is 12.5. The van der Waals surface area contributed by atoms with Crippen molar-refractivity contribution >= 4 is 5.95 Å². The van der Waals surface area contributed by atoms with Gasteiger partial charge in [0.25, 0.3) is 0 Å². The lowest BCUT2D eigenvalue weighted by molar-refractivity contribution is -0.138. The van der Waals surface area contributed by atoms with Crippen molar-refractivity contribution in [1.29, 1.82) is 0 Å². The molecule has 0 aliphatic carbocycles. The number of halogens is 3. The van der Waals surface area contributed by atoms with Crippen molar-refractivity contribution in [3.8, 4) is 0 Å². The van der Waals surface area contributed by atoms with Crippen LogP contribution >= 0.6 is 0 Å². The summed E-state index contributed by atoms with van der Waals surface area (Å²) in [5.41, 5.74) is -0.389. The predicted molar refractivity (Wildman–Crippen MR) is 62.3 cm³/mol. The molecule has 0 bridgehead atoms. The largest absolute Gasteiger partial charge is 0.416 e. The van der Waals surface area contributed by atoms with Gasteiger partial charge in [0.2, 0.25) is 5.95 Å². The lowest BCUT2D eigenvalue weighted by atomic mass is 10.1. The Kier molecular flexibility index (Phi) is 3.27. The molecule has 96 valence electrons. The quantitative estimate of drug-likeness (QED) is 0.913. The van der Waals surface area contributed by atoms with E-state index in [1.165, 1.54) is 12.1 Å². The van der Waals surface area contributed by atoms with Crippen LogP contribution in [0.3, 0.4) is 0 Å². The molecule has 2 rings (SSSR count). The summed E-state index contributed by atoms with van der Waals surface area (Å²) in [6.07, 6.45) is -1.15. The number of imidazole rings is 1. The molecule has 0 atom stereocenters. The summed E-state index contributed by atoms with van der Waals surface area (Å²) >= 11 is 0. The van der Waals surface area contributed by atoms with Crippen molar-refractivity contribution in [2.75, 3.05) is 12.4 Å². The molecule has 3 nitrogen and oxygen atoms in total. The second kappa shape index (κ2) is 4.72. The Morgan fingerprint density at radius 2 is 2.00 bits per heavy atom. The van der Waals surface area contributed by atoms with E-state index in [4.69, 9.17) is 0 Å². The highest BCUT2D eigenvalue weighted by atomic mass is 19.4. The van der Waals surface area contributed by atoms with Crippen LogP contribution in [0.25, 0.3) is 0 Å².